The summed E-state index contributed by atoms with van der Waals surface area (Å²) in [7, 11) is -3.94. The Balaban J connectivity index is 1.20. The second-order valence-electron chi connectivity index (χ2n) is 9.89. The number of benzene rings is 2. The summed E-state index contributed by atoms with van der Waals surface area (Å²) in [5.74, 6) is -0.502. The number of hydrogen-bond acceptors (Lipinski definition) is 6. The largest absolute Gasteiger partial charge is 0.339 e. The molecule has 2 aliphatic heterocycles. The molecule has 3 aromatic rings. The van der Waals surface area contributed by atoms with Gasteiger partial charge in [0.2, 0.25) is 21.8 Å². The molecule has 0 spiro atoms. The van der Waals surface area contributed by atoms with E-state index in [-0.39, 0.29) is 22.8 Å². The molecule has 0 bridgehead atoms. The number of aromatic nitrogens is 2. The van der Waals surface area contributed by atoms with E-state index in [0.717, 1.165) is 23.6 Å². The molecule has 3 atom stereocenters. The number of carbonyl (C=O) groups excluding carboxylic acids is 2. The minimum atomic E-state index is -3.94. The summed E-state index contributed by atoms with van der Waals surface area (Å²) in [6.07, 6.45) is 7.46. The van der Waals surface area contributed by atoms with Crippen molar-refractivity contribution in [1.82, 2.24) is 29.4 Å². The number of rotatable bonds is 8. The van der Waals surface area contributed by atoms with Crippen LogP contribution in [-0.2, 0) is 26.3 Å². The predicted molar refractivity (Wildman–Crippen MR) is 144 cm³/mol. The van der Waals surface area contributed by atoms with Crippen molar-refractivity contribution in [1.29, 1.82) is 0 Å². The first kappa shape index (κ1) is 26.6. The Bertz CT molecular complexity index is 1430. The number of amides is 2. The summed E-state index contributed by atoms with van der Waals surface area (Å²) in [6, 6.07) is 8.53. The Morgan fingerprint density at radius 1 is 1.16 bits per heavy atom. The third-order valence-electron chi connectivity index (χ3n) is 7.30. The highest BCUT2D eigenvalue weighted by Crippen LogP contribution is 2.24. The molecule has 5 rings (SSSR count). The molecule has 2 aromatic carbocycles. The van der Waals surface area contributed by atoms with E-state index >= 15 is 0 Å². The fraction of sp³-hybridized carbons (Fsp3) is 0.423. The molecule has 2 amide bonds. The molecule has 1 unspecified atom stereocenters. The zero-order chi connectivity index (χ0) is 26.9. The average molecular weight is 559 g/mol. The molecule has 10 nitrogen and oxygen atoms in total. The zero-order valence-electron chi connectivity index (χ0n) is 21.1. The van der Waals surface area contributed by atoms with Crippen molar-refractivity contribution < 1.29 is 18.0 Å². The van der Waals surface area contributed by atoms with Crippen molar-refractivity contribution in [3.63, 3.8) is 0 Å². The Morgan fingerprint density at radius 2 is 1.95 bits per heavy atom. The number of likely N-dealkylation sites (tertiary alicyclic amines) is 2. The second kappa shape index (κ2) is 11.0. The fourth-order valence-corrected chi connectivity index (χ4v) is 6.61. The zero-order valence-corrected chi connectivity index (χ0v) is 22.7. The molecule has 2 fully saturated rings. The average Bonchev–Trinajstić information content (AvgIpc) is 3.56. The maximum Gasteiger partial charge on any atom is 0.245 e. The third-order valence-corrected chi connectivity index (χ3v) is 9.01. The number of halogens is 1. The van der Waals surface area contributed by atoms with E-state index < -0.39 is 22.1 Å². The number of carbonyl (C=O) groups is 2. The Labute approximate surface area is 227 Å². The highest BCUT2D eigenvalue weighted by molar-refractivity contribution is 7.89. The smallest absolute Gasteiger partial charge is 0.245 e. The van der Waals surface area contributed by atoms with Gasteiger partial charge < -0.3 is 14.4 Å². The molecule has 3 heterocycles. The van der Waals surface area contributed by atoms with Gasteiger partial charge in [-0.1, -0.05) is 23.7 Å². The predicted octanol–water partition coefficient (Wildman–Crippen LogP) is 2.20. The van der Waals surface area contributed by atoms with Gasteiger partial charge in [-0.15, -0.1) is 0 Å². The minimum absolute atomic E-state index is 0.0743. The Kier molecular flexibility index (Phi) is 7.71. The molecule has 0 radical (unpaired) electrons. The van der Waals surface area contributed by atoms with Crippen LogP contribution in [0.2, 0.25) is 5.02 Å². The van der Waals surface area contributed by atoms with Crippen molar-refractivity contribution in [3.8, 4) is 0 Å². The van der Waals surface area contributed by atoms with Crippen molar-refractivity contribution in [3.05, 3.63) is 60.1 Å². The van der Waals surface area contributed by atoms with Gasteiger partial charge in [0.25, 0.3) is 0 Å². The monoisotopic (exact) mass is 558 g/mol. The number of nitrogens with one attached hydrogen (secondary N) is 2. The summed E-state index contributed by atoms with van der Waals surface area (Å²) in [6.45, 7) is 3.83. The van der Waals surface area contributed by atoms with Gasteiger partial charge in [-0.25, -0.2) is 13.4 Å². The van der Waals surface area contributed by atoms with Crippen molar-refractivity contribution in [2.45, 2.75) is 55.9 Å². The van der Waals surface area contributed by atoms with Gasteiger partial charge in [-0.3, -0.25) is 14.9 Å². The molecule has 12 heteroatoms. The number of imidazole rings is 1. The highest BCUT2D eigenvalue weighted by Gasteiger charge is 2.40. The highest BCUT2D eigenvalue weighted by atomic mass is 35.5. The topological polar surface area (TPSA) is 117 Å². The minimum Gasteiger partial charge on any atom is -0.339 e. The van der Waals surface area contributed by atoms with Crippen LogP contribution in [0.4, 0.5) is 0 Å². The number of fused-ring (bicyclic) bond motifs is 1. The van der Waals surface area contributed by atoms with E-state index in [2.05, 4.69) is 15.0 Å². The van der Waals surface area contributed by atoms with Crippen molar-refractivity contribution >= 4 is 44.2 Å². The second-order valence-corrected chi connectivity index (χ2v) is 12.0. The van der Waals surface area contributed by atoms with E-state index in [1.807, 2.05) is 10.8 Å². The van der Waals surface area contributed by atoms with Gasteiger partial charge >= 0.3 is 0 Å². The summed E-state index contributed by atoms with van der Waals surface area (Å²) in [4.78, 5) is 33.9. The summed E-state index contributed by atoms with van der Waals surface area (Å²) < 4.78 is 30.7. The maximum absolute atomic E-state index is 13.3. The van der Waals surface area contributed by atoms with Crippen LogP contribution in [0.25, 0.3) is 10.8 Å². The standard InChI is InChI=1S/C26H31ClN6O4S/c1-18(25(34)32-10-2-3-22(15-32)29-17-31-12-9-28-16-31)33-11-8-24(26(33)35)30-38(36,37)23-7-5-19-13-21(27)6-4-20(19)14-23/h4-7,9,12-14,16,18,22,24,29-30H,2-3,8,10-11,15,17H2,1H3/t18-,22?,24-/m0/s1. The van der Waals surface area contributed by atoms with Gasteiger partial charge in [0.15, 0.2) is 0 Å². The van der Waals surface area contributed by atoms with E-state index in [0.29, 0.717) is 37.7 Å². The van der Waals surface area contributed by atoms with Crippen LogP contribution >= 0.6 is 11.6 Å². The first-order chi connectivity index (χ1) is 18.2. The van der Waals surface area contributed by atoms with E-state index in [4.69, 9.17) is 11.6 Å². The summed E-state index contributed by atoms with van der Waals surface area (Å²) >= 11 is 6.02. The molecular weight excluding hydrogens is 528 g/mol. The van der Waals surface area contributed by atoms with Crippen LogP contribution in [0.3, 0.4) is 0 Å². The number of sulfonamides is 1. The third kappa shape index (κ3) is 5.70. The molecule has 202 valence electrons. The van der Waals surface area contributed by atoms with Crippen LogP contribution < -0.4 is 10.0 Å². The lowest BCUT2D eigenvalue weighted by Gasteiger charge is -2.36. The number of hydrogen-bond donors (Lipinski definition) is 2. The van der Waals surface area contributed by atoms with Crippen LogP contribution in [0, 0.1) is 0 Å². The first-order valence-corrected chi connectivity index (χ1v) is 14.6. The Morgan fingerprint density at radius 3 is 2.74 bits per heavy atom. The van der Waals surface area contributed by atoms with E-state index in [1.165, 1.54) is 11.0 Å². The van der Waals surface area contributed by atoms with Crippen LogP contribution in [-0.4, -0.2) is 77.3 Å². The van der Waals surface area contributed by atoms with Gasteiger partial charge in [-0.05, 0) is 61.2 Å². The van der Waals surface area contributed by atoms with E-state index in [1.54, 1.807) is 54.7 Å². The van der Waals surface area contributed by atoms with Gasteiger partial charge in [0.05, 0.1) is 17.9 Å². The lowest BCUT2D eigenvalue weighted by Crippen LogP contribution is -2.54. The molecule has 0 saturated carbocycles. The van der Waals surface area contributed by atoms with Gasteiger partial charge in [0, 0.05) is 43.1 Å². The van der Waals surface area contributed by atoms with Gasteiger partial charge in [0.1, 0.15) is 12.1 Å². The summed E-state index contributed by atoms with van der Waals surface area (Å²) in [5.41, 5.74) is 0. The first-order valence-electron chi connectivity index (χ1n) is 12.7. The quantitative estimate of drug-likeness (QED) is 0.438. The van der Waals surface area contributed by atoms with E-state index in [9.17, 15) is 18.0 Å². The molecule has 2 N–H and O–H groups in total. The summed E-state index contributed by atoms with van der Waals surface area (Å²) in [5, 5.41) is 5.58. The van der Waals surface area contributed by atoms with Gasteiger partial charge in [-0.2, -0.15) is 4.72 Å². The molecule has 38 heavy (non-hydrogen) atoms. The molecule has 2 saturated heterocycles. The fourth-order valence-electron chi connectivity index (χ4n) is 5.17. The van der Waals surface area contributed by atoms with Crippen LogP contribution in [0.5, 0.6) is 0 Å². The lowest BCUT2D eigenvalue weighted by molar-refractivity contribution is -0.144. The van der Waals surface area contributed by atoms with Crippen molar-refractivity contribution in [2.75, 3.05) is 19.6 Å². The molecular formula is C26H31ClN6O4S. The number of nitrogens with zero attached hydrogens (tertiary/aromatic N) is 4. The maximum atomic E-state index is 13.3. The Hall–Kier alpha value is -2.99. The molecule has 0 aliphatic carbocycles. The molecule has 1 aromatic heterocycles. The normalized spacial score (nSPS) is 21.3. The van der Waals surface area contributed by atoms with Crippen LogP contribution in [0.1, 0.15) is 26.2 Å². The SMILES string of the molecule is C[C@@H](C(=O)N1CCCC(NCn2ccnc2)C1)N1CC[C@H](NS(=O)(=O)c2ccc3cc(Cl)ccc3c2)C1=O. The number of piperidine rings is 1. The van der Waals surface area contributed by atoms with Crippen molar-refractivity contribution in [2.24, 2.45) is 0 Å². The lowest BCUT2D eigenvalue weighted by atomic mass is 10.0. The van der Waals surface area contributed by atoms with Crippen LogP contribution in [0.15, 0.2) is 60.0 Å². The molecule has 2 aliphatic rings.